The molecule has 0 fully saturated rings. The first kappa shape index (κ1) is 15.4. The zero-order chi connectivity index (χ0) is 14.6. The van der Waals surface area contributed by atoms with E-state index in [4.69, 9.17) is 0 Å². The van der Waals surface area contributed by atoms with Crippen molar-refractivity contribution in [2.24, 2.45) is 0 Å². The van der Waals surface area contributed by atoms with Crippen LogP contribution in [0.4, 0.5) is 4.39 Å². The number of esters is 1. The Kier molecular flexibility index (Phi) is 4.83. The summed E-state index contributed by atoms with van der Waals surface area (Å²) in [4.78, 5) is 10.9. The number of carbonyl (C=O) groups is 1. The number of hydrogen-bond donors (Lipinski definition) is 0. The van der Waals surface area contributed by atoms with Crippen LogP contribution in [-0.2, 0) is 20.4 Å². The van der Waals surface area contributed by atoms with E-state index in [0.29, 0.717) is 5.56 Å². The third-order valence-corrected chi connectivity index (χ3v) is 4.61. The second-order valence-electron chi connectivity index (χ2n) is 4.29. The second-order valence-corrected chi connectivity index (χ2v) is 6.85. The molecular formula is C13H15FO4S. The molecule has 0 bridgehead atoms. The summed E-state index contributed by atoms with van der Waals surface area (Å²) in [6.07, 6.45) is 0. The SMILES string of the molecule is C=C(F)C(=O)Oc1ccc(CS(=O)(=O)C(C)C)cc1. The fourth-order valence-electron chi connectivity index (χ4n) is 1.22. The largest absolute Gasteiger partial charge is 0.421 e. The molecule has 1 aromatic carbocycles. The summed E-state index contributed by atoms with van der Waals surface area (Å²) >= 11 is 0. The highest BCUT2D eigenvalue weighted by Gasteiger charge is 2.17. The van der Waals surface area contributed by atoms with Gasteiger partial charge in [0.15, 0.2) is 9.84 Å². The van der Waals surface area contributed by atoms with E-state index in [1.165, 1.54) is 24.3 Å². The first-order chi connectivity index (χ1) is 8.72. The van der Waals surface area contributed by atoms with Crippen molar-refractivity contribution < 1.29 is 22.3 Å². The van der Waals surface area contributed by atoms with Gasteiger partial charge in [-0.15, -0.1) is 0 Å². The number of benzene rings is 1. The lowest BCUT2D eigenvalue weighted by molar-refractivity contribution is -0.131. The maximum Gasteiger partial charge on any atom is 0.371 e. The van der Waals surface area contributed by atoms with Crippen molar-refractivity contribution in [1.29, 1.82) is 0 Å². The van der Waals surface area contributed by atoms with Crippen molar-refractivity contribution in [3.63, 3.8) is 0 Å². The van der Waals surface area contributed by atoms with Gasteiger partial charge in [-0.05, 0) is 31.5 Å². The zero-order valence-electron chi connectivity index (χ0n) is 10.7. The molecule has 0 atom stereocenters. The molecule has 4 nitrogen and oxygen atoms in total. The molecule has 1 rings (SSSR count). The van der Waals surface area contributed by atoms with Crippen molar-refractivity contribution >= 4 is 15.8 Å². The van der Waals surface area contributed by atoms with Gasteiger partial charge in [0.05, 0.1) is 11.0 Å². The third-order valence-electron chi connectivity index (χ3n) is 2.44. The molecule has 1 aromatic rings. The van der Waals surface area contributed by atoms with Crippen LogP contribution in [0.2, 0.25) is 0 Å². The summed E-state index contributed by atoms with van der Waals surface area (Å²) in [6.45, 7) is 6.04. The van der Waals surface area contributed by atoms with E-state index in [-0.39, 0.29) is 11.5 Å². The van der Waals surface area contributed by atoms with Gasteiger partial charge in [0, 0.05) is 0 Å². The Labute approximate surface area is 111 Å². The molecule has 104 valence electrons. The lowest BCUT2D eigenvalue weighted by Crippen LogP contribution is -2.16. The van der Waals surface area contributed by atoms with Crippen LogP contribution in [0.25, 0.3) is 0 Å². The highest BCUT2D eigenvalue weighted by atomic mass is 32.2. The molecule has 0 aliphatic carbocycles. The van der Waals surface area contributed by atoms with E-state index in [2.05, 4.69) is 11.3 Å². The first-order valence-corrected chi connectivity index (χ1v) is 7.31. The van der Waals surface area contributed by atoms with Gasteiger partial charge < -0.3 is 4.74 Å². The Morgan fingerprint density at radius 1 is 1.32 bits per heavy atom. The number of hydrogen-bond acceptors (Lipinski definition) is 4. The molecule has 0 heterocycles. The van der Waals surface area contributed by atoms with Crippen LogP contribution in [0, 0.1) is 0 Å². The third kappa shape index (κ3) is 4.48. The fraction of sp³-hybridized carbons (Fsp3) is 0.308. The number of carbonyl (C=O) groups excluding carboxylic acids is 1. The number of rotatable bonds is 5. The predicted octanol–water partition coefficient (Wildman–Crippen LogP) is 2.40. The highest BCUT2D eigenvalue weighted by molar-refractivity contribution is 7.91. The van der Waals surface area contributed by atoms with E-state index in [9.17, 15) is 17.6 Å². The Hall–Kier alpha value is -1.69. The average Bonchev–Trinajstić information content (AvgIpc) is 2.30. The quantitative estimate of drug-likeness (QED) is 0.474. The Bertz CT molecular complexity index is 573. The highest BCUT2D eigenvalue weighted by Crippen LogP contribution is 2.17. The van der Waals surface area contributed by atoms with Crippen LogP contribution >= 0.6 is 0 Å². The molecule has 0 saturated heterocycles. The van der Waals surface area contributed by atoms with E-state index in [1.807, 2.05) is 0 Å². The van der Waals surface area contributed by atoms with Crippen LogP contribution in [0.1, 0.15) is 19.4 Å². The molecule has 19 heavy (non-hydrogen) atoms. The van der Waals surface area contributed by atoms with E-state index in [1.54, 1.807) is 13.8 Å². The van der Waals surface area contributed by atoms with E-state index in [0.717, 1.165) is 0 Å². The summed E-state index contributed by atoms with van der Waals surface area (Å²) in [5.74, 6) is -2.31. The van der Waals surface area contributed by atoms with Gasteiger partial charge in [-0.3, -0.25) is 0 Å². The molecule has 0 unspecified atom stereocenters. The van der Waals surface area contributed by atoms with Crippen LogP contribution in [0.5, 0.6) is 5.75 Å². The molecule has 0 spiro atoms. The maximum absolute atomic E-state index is 12.4. The van der Waals surface area contributed by atoms with E-state index >= 15 is 0 Å². The summed E-state index contributed by atoms with van der Waals surface area (Å²) in [7, 11) is -3.18. The van der Waals surface area contributed by atoms with Crippen molar-refractivity contribution in [3.05, 3.63) is 42.2 Å². The van der Waals surface area contributed by atoms with Gasteiger partial charge >= 0.3 is 5.97 Å². The van der Waals surface area contributed by atoms with Gasteiger partial charge in [-0.25, -0.2) is 13.2 Å². The second kappa shape index (κ2) is 5.97. The van der Waals surface area contributed by atoms with Crippen LogP contribution in [0.3, 0.4) is 0 Å². The van der Waals surface area contributed by atoms with Crippen LogP contribution in [-0.4, -0.2) is 19.6 Å². The zero-order valence-corrected chi connectivity index (χ0v) is 11.5. The molecule has 0 amide bonds. The first-order valence-electron chi connectivity index (χ1n) is 5.59. The molecule has 0 saturated carbocycles. The monoisotopic (exact) mass is 286 g/mol. The molecule has 0 aromatic heterocycles. The van der Waals surface area contributed by atoms with Gasteiger partial charge in [0.1, 0.15) is 5.75 Å². The minimum atomic E-state index is -3.18. The molecule has 0 aliphatic heterocycles. The van der Waals surface area contributed by atoms with Crippen molar-refractivity contribution in [2.45, 2.75) is 24.9 Å². The average molecular weight is 286 g/mol. The lowest BCUT2D eigenvalue weighted by Gasteiger charge is -2.08. The van der Waals surface area contributed by atoms with E-state index < -0.39 is 26.9 Å². The summed E-state index contributed by atoms with van der Waals surface area (Å²) in [5.41, 5.74) is 0.576. The Morgan fingerprint density at radius 3 is 2.26 bits per heavy atom. The predicted molar refractivity (Wildman–Crippen MR) is 70.1 cm³/mol. The standard InChI is InChI=1S/C13H15FO4S/c1-9(2)19(16,17)8-11-4-6-12(7-5-11)18-13(15)10(3)14/h4-7,9H,3,8H2,1-2H3. The van der Waals surface area contributed by atoms with Gasteiger partial charge in [0.25, 0.3) is 0 Å². The summed E-state index contributed by atoms with van der Waals surface area (Å²) < 4.78 is 40.5. The number of ether oxygens (including phenoxy) is 1. The summed E-state index contributed by atoms with van der Waals surface area (Å²) in [5, 5.41) is -0.458. The number of halogens is 1. The lowest BCUT2D eigenvalue weighted by atomic mass is 10.2. The minimum Gasteiger partial charge on any atom is -0.421 e. The fourth-order valence-corrected chi connectivity index (χ4v) is 2.21. The van der Waals surface area contributed by atoms with Crippen molar-refractivity contribution in [2.75, 3.05) is 0 Å². The Balaban J connectivity index is 2.78. The number of sulfone groups is 1. The molecule has 0 N–H and O–H groups in total. The van der Waals surface area contributed by atoms with Crippen molar-refractivity contribution in [1.82, 2.24) is 0 Å². The molecular weight excluding hydrogens is 271 g/mol. The topological polar surface area (TPSA) is 60.4 Å². The van der Waals surface area contributed by atoms with Gasteiger partial charge in [0.2, 0.25) is 5.83 Å². The smallest absolute Gasteiger partial charge is 0.371 e. The molecule has 0 radical (unpaired) electrons. The van der Waals surface area contributed by atoms with Gasteiger partial charge in [-0.1, -0.05) is 18.7 Å². The Morgan fingerprint density at radius 2 is 1.84 bits per heavy atom. The van der Waals surface area contributed by atoms with Crippen LogP contribution in [0.15, 0.2) is 36.7 Å². The molecule has 6 heteroatoms. The molecule has 0 aliphatic rings. The van der Waals surface area contributed by atoms with Gasteiger partial charge in [-0.2, -0.15) is 4.39 Å². The normalized spacial score (nSPS) is 11.4. The maximum atomic E-state index is 12.4. The van der Waals surface area contributed by atoms with Crippen molar-refractivity contribution in [3.8, 4) is 5.75 Å². The van der Waals surface area contributed by atoms with Crippen LogP contribution < -0.4 is 4.74 Å². The summed E-state index contributed by atoms with van der Waals surface area (Å²) in [6, 6.07) is 5.85. The minimum absolute atomic E-state index is 0.0886.